The molecule has 0 bridgehead atoms. The number of benzene rings is 1. The third-order valence-corrected chi connectivity index (χ3v) is 6.18. The largest absolute Gasteiger partial charge is 0.506 e. The van der Waals surface area contributed by atoms with Gasteiger partial charge in [0, 0.05) is 0 Å². The van der Waals surface area contributed by atoms with Crippen LogP contribution in [0.1, 0.15) is 50.0 Å². The van der Waals surface area contributed by atoms with Gasteiger partial charge < -0.3 is 0 Å². The third kappa shape index (κ3) is 3.47. The molecule has 1 fully saturated rings. The molecule has 0 saturated heterocycles. The molecule has 0 atom stereocenters. The van der Waals surface area contributed by atoms with Crippen LogP contribution in [0.3, 0.4) is 0 Å². The summed E-state index contributed by atoms with van der Waals surface area (Å²) in [6.07, 6.45) is 8.57. The molecule has 0 aromatic heterocycles. The third-order valence-electron chi connectivity index (χ3n) is 3.46. The molecule has 2 heteroatoms. The highest BCUT2D eigenvalue weighted by atomic mass is 79.9. The number of halogens is 1. The minimum absolute atomic E-state index is 0.147. The Morgan fingerprint density at radius 1 is 0.933 bits per heavy atom. The predicted molar refractivity (Wildman–Crippen MR) is 71.2 cm³/mol. The van der Waals surface area contributed by atoms with Gasteiger partial charge in [-0.05, 0) is 24.3 Å². The fourth-order valence-electron chi connectivity index (χ4n) is 2.49. The summed E-state index contributed by atoms with van der Waals surface area (Å²) in [6, 6.07) is 9.36. The molecule has 15 heavy (non-hydrogen) atoms. The van der Waals surface area contributed by atoms with Gasteiger partial charge in [0.25, 0.3) is 0 Å². The lowest BCUT2D eigenvalue weighted by atomic mass is 9.92. The van der Waals surface area contributed by atoms with Crippen LogP contribution in [-0.2, 0) is 0 Å². The second kappa shape index (κ2) is 6.26. The van der Waals surface area contributed by atoms with Crippen molar-refractivity contribution in [3.63, 3.8) is 0 Å². The molecule has 1 aliphatic rings. The van der Waals surface area contributed by atoms with Crippen LogP contribution in [0, 0.1) is 0 Å². The first kappa shape index (κ1) is 11.9. The minimum Gasteiger partial charge on any atom is -0.296 e. The van der Waals surface area contributed by atoms with Gasteiger partial charge in [0.15, 0.2) is 0 Å². The maximum Gasteiger partial charge on any atom is 0.506 e. The van der Waals surface area contributed by atoms with Crippen LogP contribution in [-0.4, -0.2) is 18.2 Å². The second-order valence-electron chi connectivity index (χ2n) is 4.56. The van der Waals surface area contributed by atoms with E-state index in [2.05, 4.69) is 37.1 Å². The zero-order chi connectivity index (χ0) is 10.5. The van der Waals surface area contributed by atoms with Gasteiger partial charge in [-0.1, -0.05) is 49.9 Å². The van der Waals surface area contributed by atoms with Gasteiger partial charge in [-0.25, -0.2) is 0 Å². The van der Waals surface area contributed by atoms with Crippen molar-refractivity contribution >= 4 is 34.8 Å². The molecular weight excluding hydrogens is 260 g/mol. The lowest BCUT2D eigenvalue weighted by molar-refractivity contribution is 0.593. The molecular formula is C13H17BrMg. The molecule has 2 rings (SSSR count). The van der Waals surface area contributed by atoms with E-state index in [9.17, 15) is 0 Å². The van der Waals surface area contributed by atoms with Crippen molar-refractivity contribution in [1.29, 1.82) is 0 Å². The zero-order valence-electron chi connectivity index (χ0n) is 9.21. The molecule has 0 heterocycles. The molecule has 78 valence electrons. The Labute approximate surface area is 108 Å². The summed E-state index contributed by atoms with van der Waals surface area (Å²) in [4.78, 5) is 0. The summed E-state index contributed by atoms with van der Waals surface area (Å²) < 4.78 is 1.52. The highest BCUT2D eigenvalue weighted by Gasteiger charge is 2.13. The fourth-order valence-corrected chi connectivity index (χ4v) is 4.03. The van der Waals surface area contributed by atoms with Gasteiger partial charge in [0.1, 0.15) is 0 Å². The van der Waals surface area contributed by atoms with Crippen LogP contribution in [0.4, 0.5) is 0 Å². The molecule has 0 amide bonds. The van der Waals surface area contributed by atoms with E-state index in [1.165, 1.54) is 42.2 Å². The average molecular weight is 277 g/mol. The Morgan fingerprint density at radius 3 is 2.07 bits per heavy atom. The summed E-state index contributed by atoms with van der Waals surface area (Å²) in [6.45, 7) is 0. The number of hydrogen-bond donors (Lipinski definition) is 0. The van der Waals surface area contributed by atoms with Crippen LogP contribution in [0.15, 0.2) is 24.3 Å². The lowest BCUT2D eigenvalue weighted by Crippen LogP contribution is -2.08. The summed E-state index contributed by atoms with van der Waals surface area (Å²) in [5.74, 6) is 0.846. The van der Waals surface area contributed by atoms with Crippen molar-refractivity contribution in [1.82, 2.24) is 0 Å². The van der Waals surface area contributed by atoms with Crippen LogP contribution in [0.5, 0.6) is 0 Å². The van der Waals surface area contributed by atoms with Crippen molar-refractivity contribution in [2.24, 2.45) is 0 Å². The van der Waals surface area contributed by atoms with Gasteiger partial charge in [-0.3, -0.25) is 12.9 Å². The zero-order valence-corrected chi connectivity index (χ0v) is 12.2. The molecule has 0 aliphatic heterocycles. The van der Waals surface area contributed by atoms with Gasteiger partial charge in [0.2, 0.25) is 0 Å². The van der Waals surface area contributed by atoms with Crippen molar-refractivity contribution in [2.45, 2.75) is 44.4 Å². The smallest absolute Gasteiger partial charge is 0.296 e. The molecule has 0 unspecified atom stereocenters. The quantitative estimate of drug-likeness (QED) is 0.570. The molecule has 1 aliphatic carbocycles. The maximum absolute atomic E-state index is 3.63. The highest BCUT2D eigenvalue weighted by molar-refractivity contribution is 9.23. The van der Waals surface area contributed by atoms with Gasteiger partial charge in [-0.2, -0.15) is 3.69 Å². The Hall–Kier alpha value is 0.466. The number of hydrogen-bond acceptors (Lipinski definition) is 0. The van der Waals surface area contributed by atoms with Crippen molar-refractivity contribution < 1.29 is 0 Å². The van der Waals surface area contributed by atoms with Crippen molar-refractivity contribution in [3.8, 4) is 0 Å². The molecule has 0 nitrogen and oxygen atoms in total. The lowest BCUT2D eigenvalue weighted by Gasteiger charge is -2.14. The topological polar surface area (TPSA) is 0 Å². The van der Waals surface area contributed by atoms with Crippen molar-refractivity contribution in [2.75, 3.05) is 0 Å². The Bertz CT molecular complexity index is 286. The Balaban J connectivity index is 2.06. The predicted octanol–water partition coefficient (Wildman–Crippen LogP) is 3.76. The SMILES string of the molecule is [Br][Mg][c]1ccc(C2CCCCCC2)cc1. The van der Waals surface area contributed by atoms with Crippen LogP contribution in [0.2, 0.25) is 0 Å². The van der Waals surface area contributed by atoms with E-state index in [4.69, 9.17) is 0 Å². The van der Waals surface area contributed by atoms with E-state index in [0.29, 0.717) is 0 Å². The minimum atomic E-state index is -0.147. The number of rotatable bonds is 2. The molecule has 0 spiro atoms. The van der Waals surface area contributed by atoms with Crippen molar-refractivity contribution in [3.05, 3.63) is 29.8 Å². The van der Waals surface area contributed by atoms with Gasteiger partial charge >= 0.3 is 18.2 Å². The molecule has 0 N–H and O–H groups in total. The van der Waals surface area contributed by atoms with Crippen LogP contribution < -0.4 is 3.69 Å². The first-order valence-corrected chi connectivity index (χ1v) is 10.7. The second-order valence-corrected chi connectivity index (χ2v) is 7.33. The van der Waals surface area contributed by atoms with E-state index in [0.717, 1.165) is 5.92 Å². The summed E-state index contributed by atoms with van der Waals surface area (Å²) >= 11 is 3.48. The van der Waals surface area contributed by atoms with E-state index in [1.807, 2.05) is 0 Å². The maximum atomic E-state index is 3.63. The van der Waals surface area contributed by atoms with Crippen LogP contribution >= 0.6 is 12.9 Å². The van der Waals surface area contributed by atoms with Gasteiger partial charge in [0.05, 0.1) is 0 Å². The summed E-state index contributed by atoms with van der Waals surface area (Å²) in [5, 5.41) is 0. The molecule has 1 aromatic rings. The van der Waals surface area contributed by atoms with Crippen LogP contribution in [0.25, 0.3) is 0 Å². The highest BCUT2D eigenvalue weighted by Crippen LogP contribution is 2.30. The summed E-state index contributed by atoms with van der Waals surface area (Å²) in [7, 11) is 0. The Kier molecular flexibility index (Phi) is 4.98. The van der Waals surface area contributed by atoms with Gasteiger partial charge in [-0.15, -0.1) is 0 Å². The van der Waals surface area contributed by atoms with E-state index < -0.39 is 0 Å². The molecule has 1 saturated carbocycles. The molecule has 1 aromatic carbocycles. The summed E-state index contributed by atoms with van der Waals surface area (Å²) in [5.41, 5.74) is 1.58. The fraction of sp³-hybridized carbons (Fsp3) is 0.538. The normalized spacial score (nSPS) is 18.2. The Morgan fingerprint density at radius 2 is 1.53 bits per heavy atom. The average Bonchev–Trinajstić information content (AvgIpc) is 2.58. The standard InChI is InChI=1S/C13H17.BrH.Mg/c1-2-5-9-12(8-4-1)13-10-6-3-7-11-13;;/h6-7,10-12H,1-2,4-5,8-9H2;1H;/q;;+1/p-1. The van der Waals surface area contributed by atoms with E-state index >= 15 is 0 Å². The first-order valence-electron chi connectivity index (χ1n) is 6.05. The first-order chi connectivity index (χ1) is 7.40. The monoisotopic (exact) mass is 276 g/mol. The van der Waals surface area contributed by atoms with E-state index in [1.54, 1.807) is 5.56 Å². The molecule has 0 radical (unpaired) electrons. The van der Waals surface area contributed by atoms with E-state index in [-0.39, 0.29) is 18.2 Å².